The van der Waals surface area contributed by atoms with Crippen LogP contribution in [0.15, 0.2) is 18.2 Å². The number of hydrogen-bond donors (Lipinski definition) is 1. The van der Waals surface area contributed by atoms with Crippen molar-refractivity contribution in [2.75, 3.05) is 11.4 Å². The van der Waals surface area contributed by atoms with Crippen molar-refractivity contribution in [2.45, 2.75) is 59.7 Å². The second-order valence-electron chi connectivity index (χ2n) is 6.23. The summed E-state index contributed by atoms with van der Waals surface area (Å²) in [5.74, 6) is -0.135. The maximum Gasteiger partial charge on any atom is 0.146 e. The van der Waals surface area contributed by atoms with Gasteiger partial charge in [0.2, 0.25) is 0 Å². The Morgan fingerprint density at radius 2 is 1.89 bits per heavy atom. The molecular weight excluding hydrogens is 239 g/mol. The van der Waals surface area contributed by atoms with Crippen LogP contribution in [-0.4, -0.2) is 18.1 Å². The molecule has 0 aliphatic heterocycles. The van der Waals surface area contributed by atoms with E-state index in [2.05, 4.69) is 51.8 Å². The summed E-state index contributed by atoms with van der Waals surface area (Å²) < 4.78 is 14.2. The van der Waals surface area contributed by atoms with Gasteiger partial charge < -0.3 is 10.2 Å². The summed E-state index contributed by atoms with van der Waals surface area (Å²) in [5, 5.41) is 3.43. The molecule has 1 N–H and O–H groups in total. The molecule has 0 aliphatic rings. The quantitative estimate of drug-likeness (QED) is 0.868. The minimum atomic E-state index is -0.135. The second kappa shape index (κ2) is 6.38. The van der Waals surface area contributed by atoms with Crippen LogP contribution in [0.25, 0.3) is 0 Å². The predicted octanol–water partition coefficient (Wildman–Crippen LogP) is 3.95. The molecule has 1 rings (SSSR count). The van der Waals surface area contributed by atoms with Crippen LogP contribution in [0.1, 0.15) is 47.1 Å². The van der Waals surface area contributed by atoms with Gasteiger partial charge in [0.05, 0.1) is 5.69 Å². The van der Waals surface area contributed by atoms with E-state index in [1.165, 1.54) is 0 Å². The SMILES string of the molecule is CCN(c1c(F)cccc1CNC(C)(C)C)C(C)C. The van der Waals surface area contributed by atoms with Crippen LogP contribution in [-0.2, 0) is 6.54 Å². The Morgan fingerprint density at radius 3 is 2.37 bits per heavy atom. The fraction of sp³-hybridized carbons (Fsp3) is 0.625. The van der Waals surface area contributed by atoms with Gasteiger partial charge in [-0.2, -0.15) is 0 Å². The molecule has 0 amide bonds. The number of nitrogens with zero attached hydrogens (tertiary/aromatic N) is 1. The molecule has 0 radical (unpaired) electrons. The first-order valence-corrected chi connectivity index (χ1v) is 7.05. The van der Waals surface area contributed by atoms with Crippen LogP contribution < -0.4 is 10.2 Å². The zero-order valence-electron chi connectivity index (χ0n) is 13.0. The normalized spacial score (nSPS) is 12.0. The standard InChI is InChI=1S/C16H27FN2/c1-7-19(12(2)3)15-13(9-8-10-14(15)17)11-18-16(4,5)6/h8-10,12,18H,7,11H2,1-6H3. The predicted molar refractivity (Wildman–Crippen MR) is 81.1 cm³/mol. The van der Waals surface area contributed by atoms with Gasteiger partial charge in [-0.05, 0) is 53.2 Å². The first-order valence-electron chi connectivity index (χ1n) is 7.05. The average molecular weight is 266 g/mol. The van der Waals surface area contributed by atoms with Gasteiger partial charge in [-0.15, -0.1) is 0 Å². The summed E-state index contributed by atoms with van der Waals surface area (Å²) in [4.78, 5) is 2.11. The van der Waals surface area contributed by atoms with E-state index in [0.29, 0.717) is 6.54 Å². The van der Waals surface area contributed by atoms with E-state index < -0.39 is 0 Å². The Labute approximate surface area is 117 Å². The van der Waals surface area contributed by atoms with E-state index in [1.54, 1.807) is 12.1 Å². The molecule has 0 saturated carbocycles. The van der Waals surface area contributed by atoms with Gasteiger partial charge in [-0.1, -0.05) is 12.1 Å². The van der Waals surface area contributed by atoms with Crippen LogP contribution in [0.3, 0.4) is 0 Å². The zero-order chi connectivity index (χ0) is 14.6. The van der Waals surface area contributed by atoms with Crippen molar-refractivity contribution >= 4 is 5.69 Å². The lowest BCUT2D eigenvalue weighted by molar-refractivity contribution is 0.423. The summed E-state index contributed by atoms with van der Waals surface area (Å²) in [5.41, 5.74) is 1.78. The van der Waals surface area contributed by atoms with Crippen molar-refractivity contribution in [3.05, 3.63) is 29.6 Å². The number of rotatable bonds is 5. The van der Waals surface area contributed by atoms with Gasteiger partial charge in [-0.25, -0.2) is 4.39 Å². The molecule has 0 bridgehead atoms. The molecule has 0 aromatic heterocycles. The fourth-order valence-corrected chi connectivity index (χ4v) is 2.17. The third-order valence-electron chi connectivity index (χ3n) is 3.13. The lowest BCUT2D eigenvalue weighted by atomic mass is 10.1. The minimum absolute atomic E-state index is 0.0263. The third kappa shape index (κ3) is 4.50. The van der Waals surface area contributed by atoms with E-state index in [9.17, 15) is 4.39 Å². The van der Waals surface area contributed by atoms with Crippen LogP contribution in [0.5, 0.6) is 0 Å². The highest BCUT2D eigenvalue weighted by atomic mass is 19.1. The van der Waals surface area contributed by atoms with Crippen molar-refractivity contribution < 1.29 is 4.39 Å². The van der Waals surface area contributed by atoms with E-state index in [4.69, 9.17) is 0 Å². The molecule has 2 nitrogen and oxygen atoms in total. The molecule has 1 aromatic carbocycles. The molecule has 0 saturated heterocycles. The van der Waals surface area contributed by atoms with Crippen molar-refractivity contribution in [3.8, 4) is 0 Å². The van der Waals surface area contributed by atoms with Gasteiger partial charge >= 0.3 is 0 Å². The topological polar surface area (TPSA) is 15.3 Å². The molecule has 19 heavy (non-hydrogen) atoms. The summed E-state index contributed by atoms with van der Waals surface area (Å²) in [7, 11) is 0. The Hall–Kier alpha value is -1.09. The molecule has 1 aromatic rings. The molecular formula is C16H27FN2. The molecule has 0 fully saturated rings. The Morgan fingerprint density at radius 1 is 1.26 bits per heavy atom. The molecule has 3 heteroatoms. The number of halogens is 1. The van der Waals surface area contributed by atoms with Crippen LogP contribution in [0.2, 0.25) is 0 Å². The molecule has 0 unspecified atom stereocenters. The van der Waals surface area contributed by atoms with Crippen molar-refractivity contribution in [2.24, 2.45) is 0 Å². The maximum absolute atomic E-state index is 14.2. The van der Waals surface area contributed by atoms with E-state index >= 15 is 0 Å². The molecule has 0 aliphatic carbocycles. The lowest BCUT2D eigenvalue weighted by Crippen LogP contribution is -2.37. The van der Waals surface area contributed by atoms with Crippen LogP contribution in [0.4, 0.5) is 10.1 Å². The van der Waals surface area contributed by atoms with Crippen LogP contribution in [0, 0.1) is 5.82 Å². The monoisotopic (exact) mass is 266 g/mol. The first-order chi connectivity index (χ1) is 8.76. The smallest absolute Gasteiger partial charge is 0.146 e. The zero-order valence-corrected chi connectivity index (χ0v) is 13.0. The van der Waals surface area contributed by atoms with Crippen molar-refractivity contribution in [1.29, 1.82) is 0 Å². The molecule has 108 valence electrons. The lowest BCUT2D eigenvalue weighted by Gasteiger charge is -2.31. The molecule has 0 spiro atoms. The number of para-hydroxylation sites is 1. The van der Waals surface area contributed by atoms with E-state index in [1.807, 2.05) is 6.07 Å². The highest BCUT2D eigenvalue weighted by Gasteiger charge is 2.18. The first kappa shape index (κ1) is 16.0. The van der Waals surface area contributed by atoms with Gasteiger partial charge in [0.15, 0.2) is 0 Å². The van der Waals surface area contributed by atoms with Gasteiger partial charge in [0.1, 0.15) is 5.82 Å². The van der Waals surface area contributed by atoms with Crippen molar-refractivity contribution in [1.82, 2.24) is 5.32 Å². The Bertz CT molecular complexity index is 408. The number of hydrogen-bond acceptors (Lipinski definition) is 2. The Balaban J connectivity index is 3.07. The van der Waals surface area contributed by atoms with E-state index in [0.717, 1.165) is 17.8 Å². The summed E-state index contributed by atoms with van der Waals surface area (Å²) >= 11 is 0. The largest absolute Gasteiger partial charge is 0.367 e. The number of anilines is 1. The third-order valence-corrected chi connectivity index (χ3v) is 3.13. The maximum atomic E-state index is 14.2. The highest BCUT2D eigenvalue weighted by molar-refractivity contribution is 5.55. The second-order valence-corrected chi connectivity index (χ2v) is 6.23. The van der Waals surface area contributed by atoms with Gasteiger partial charge in [0.25, 0.3) is 0 Å². The number of benzene rings is 1. The summed E-state index contributed by atoms with van der Waals surface area (Å²) in [6.45, 7) is 14.1. The van der Waals surface area contributed by atoms with Crippen LogP contribution >= 0.6 is 0 Å². The Kier molecular flexibility index (Phi) is 5.36. The minimum Gasteiger partial charge on any atom is -0.367 e. The summed E-state index contributed by atoms with van der Waals surface area (Å²) in [6.07, 6.45) is 0. The van der Waals surface area contributed by atoms with E-state index in [-0.39, 0.29) is 17.4 Å². The number of nitrogens with one attached hydrogen (secondary N) is 1. The fourth-order valence-electron chi connectivity index (χ4n) is 2.17. The van der Waals surface area contributed by atoms with Gasteiger partial charge in [0, 0.05) is 24.7 Å². The molecule has 0 atom stereocenters. The highest BCUT2D eigenvalue weighted by Crippen LogP contribution is 2.26. The van der Waals surface area contributed by atoms with Gasteiger partial charge in [-0.3, -0.25) is 0 Å². The van der Waals surface area contributed by atoms with Crippen molar-refractivity contribution in [3.63, 3.8) is 0 Å². The summed E-state index contributed by atoms with van der Waals surface area (Å²) in [6, 6.07) is 5.62. The molecule has 0 heterocycles. The average Bonchev–Trinajstić information content (AvgIpc) is 2.28.